The average molecular weight is 631 g/mol. The van der Waals surface area contributed by atoms with E-state index in [1.165, 1.54) is 29.2 Å². The number of nitrogens with zero attached hydrogens (tertiary/aromatic N) is 1. The van der Waals surface area contributed by atoms with Crippen LogP contribution in [0.3, 0.4) is 0 Å². The molecular formula is C31H34BrF2N3O4. The number of nitrogens with two attached hydrogens (primary N) is 1. The Bertz CT molecular complexity index is 1420. The lowest BCUT2D eigenvalue weighted by atomic mass is 9.94. The van der Waals surface area contributed by atoms with E-state index in [0.717, 1.165) is 10.8 Å². The predicted molar refractivity (Wildman–Crippen MR) is 156 cm³/mol. The van der Waals surface area contributed by atoms with Crippen molar-refractivity contribution in [2.75, 3.05) is 0 Å². The molecule has 4 N–H and O–H groups in total. The van der Waals surface area contributed by atoms with Crippen LogP contribution in [-0.2, 0) is 15.5 Å². The number of alkyl halides is 2. The van der Waals surface area contributed by atoms with Crippen molar-refractivity contribution in [2.45, 2.75) is 81.8 Å². The fourth-order valence-electron chi connectivity index (χ4n) is 6.00. The minimum atomic E-state index is -3.75. The summed E-state index contributed by atoms with van der Waals surface area (Å²) in [6.07, 6.45) is 0.636. The first-order chi connectivity index (χ1) is 19.4. The molecule has 3 unspecified atom stereocenters. The van der Waals surface area contributed by atoms with Gasteiger partial charge in [-0.2, -0.15) is 8.78 Å². The number of aliphatic hydroxyl groups is 1. The summed E-state index contributed by atoms with van der Waals surface area (Å²) in [5.41, 5.74) is 5.94. The van der Waals surface area contributed by atoms with Crippen molar-refractivity contribution in [2.24, 2.45) is 5.73 Å². The number of rotatable bonds is 8. The Labute approximate surface area is 246 Å². The summed E-state index contributed by atoms with van der Waals surface area (Å²) >= 11 is 3.25. The van der Waals surface area contributed by atoms with E-state index in [1.807, 2.05) is 19.9 Å². The second-order valence-electron chi connectivity index (χ2n) is 11.3. The predicted octanol–water partition coefficient (Wildman–Crippen LogP) is 5.18. The molecule has 2 heterocycles. The van der Waals surface area contributed by atoms with Crippen molar-refractivity contribution in [1.82, 2.24) is 10.2 Å². The van der Waals surface area contributed by atoms with Crippen LogP contribution in [0.5, 0.6) is 5.75 Å². The fourth-order valence-corrected chi connectivity index (χ4v) is 6.27. The van der Waals surface area contributed by atoms with Crippen LogP contribution in [0.1, 0.15) is 56.8 Å². The molecule has 10 heteroatoms. The number of fused-ring (bicyclic) bond motifs is 3. The van der Waals surface area contributed by atoms with Gasteiger partial charge in [-0.25, -0.2) is 0 Å². The first kappa shape index (κ1) is 29.4. The number of carbonyl (C=O) groups excluding carboxylic acids is 2. The Morgan fingerprint density at radius 1 is 1.02 bits per heavy atom. The molecule has 2 aliphatic heterocycles. The second kappa shape index (κ2) is 11.7. The highest BCUT2D eigenvalue weighted by molar-refractivity contribution is 9.10. The molecule has 218 valence electrons. The number of piperidine rings is 1. The highest BCUT2D eigenvalue weighted by Crippen LogP contribution is 2.40. The molecule has 41 heavy (non-hydrogen) atoms. The van der Waals surface area contributed by atoms with Crippen molar-refractivity contribution in [3.8, 4) is 5.75 Å². The van der Waals surface area contributed by atoms with Gasteiger partial charge in [0.05, 0.1) is 6.10 Å². The Morgan fingerprint density at radius 3 is 2.27 bits per heavy atom. The average Bonchev–Trinajstić information content (AvgIpc) is 3.20. The van der Waals surface area contributed by atoms with E-state index in [0.29, 0.717) is 35.9 Å². The molecule has 0 saturated carbocycles. The molecule has 2 bridgehead atoms. The van der Waals surface area contributed by atoms with Crippen molar-refractivity contribution >= 4 is 38.5 Å². The summed E-state index contributed by atoms with van der Waals surface area (Å²) in [5, 5.41) is 14.8. The van der Waals surface area contributed by atoms with Gasteiger partial charge in [-0.1, -0.05) is 46.3 Å². The Kier molecular flexibility index (Phi) is 8.36. The van der Waals surface area contributed by atoms with Gasteiger partial charge >= 0.3 is 5.92 Å². The third-order valence-electron chi connectivity index (χ3n) is 7.92. The van der Waals surface area contributed by atoms with Crippen LogP contribution in [-0.4, -0.2) is 52.1 Å². The van der Waals surface area contributed by atoms with Gasteiger partial charge in [-0.3, -0.25) is 9.59 Å². The van der Waals surface area contributed by atoms with E-state index in [9.17, 15) is 14.7 Å². The Morgan fingerprint density at radius 2 is 1.63 bits per heavy atom. The maximum absolute atomic E-state index is 16.1. The van der Waals surface area contributed by atoms with Gasteiger partial charge in [0.2, 0.25) is 0 Å². The van der Waals surface area contributed by atoms with E-state index < -0.39 is 35.4 Å². The zero-order chi connectivity index (χ0) is 29.5. The molecule has 4 atom stereocenters. The van der Waals surface area contributed by atoms with Crippen LogP contribution in [0.4, 0.5) is 8.78 Å². The molecule has 2 amide bonds. The molecular weight excluding hydrogens is 596 g/mol. The highest BCUT2D eigenvalue weighted by Gasteiger charge is 2.53. The van der Waals surface area contributed by atoms with Gasteiger partial charge in [0, 0.05) is 28.2 Å². The number of amides is 2. The van der Waals surface area contributed by atoms with Crippen molar-refractivity contribution in [3.63, 3.8) is 0 Å². The van der Waals surface area contributed by atoms with Crippen LogP contribution in [0, 0.1) is 0 Å². The molecule has 2 saturated heterocycles. The highest BCUT2D eigenvalue weighted by atomic mass is 79.9. The smallest absolute Gasteiger partial charge is 0.302 e. The van der Waals surface area contributed by atoms with E-state index >= 15 is 8.78 Å². The summed E-state index contributed by atoms with van der Waals surface area (Å²) in [5.74, 6) is -5.01. The molecule has 0 radical (unpaired) electrons. The minimum absolute atomic E-state index is 0.000277. The Balaban J connectivity index is 1.42. The van der Waals surface area contributed by atoms with Crippen LogP contribution >= 0.6 is 15.9 Å². The van der Waals surface area contributed by atoms with Gasteiger partial charge in [0.15, 0.2) is 12.1 Å². The van der Waals surface area contributed by atoms with E-state index in [1.54, 1.807) is 30.3 Å². The quantitative estimate of drug-likeness (QED) is 0.318. The zero-order valence-corrected chi connectivity index (χ0v) is 24.5. The first-order valence-corrected chi connectivity index (χ1v) is 14.6. The summed E-state index contributed by atoms with van der Waals surface area (Å²) in [6.45, 7) is 3.84. The standard InChI is InChI=1S/C31H34BrF2N3O4/c1-17(2)41-26-12-5-18-13-20(4-3-19(18)14-26)27(38)29(39)36-28(31(33,34)21-6-8-22(32)9-7-21)30(40)37-24-10-11-25(37)16-23(35)15-24/h3-9,12-14,17,23-25,27-28,38H,10-11,15-16,35H2,1-2H3,(H,36,39)/t23?,24?,25?,27?,28-/m1/s1. The van der Waals surface area contributed by atoms with E-state index in [-0.39, 0.29) is 29.8 Å². The number of carbonyl (C=O) groups is 2. The van der Waals surface area contributed by atoms with Gasteiger partial charge in [0.1, 0.15) is 5.75 Å². The molecule has 0 aliphatic carbocycles. The van der Waals surface area contributed by atoms with Gasteiger partial charge in [-0.05, 0) is 86.2 Å². The monoisotopic (exact) mass is 629 g/mol. The van der Waals surface area contributed by atoms with Crippen LogP contribution in [0.15, 0.2) is 65.1 Å². The normalized spacial score (nSPS) is 22.0. The van der Waals surface area contributed by atoms with Crippen molar-refractivity contribution < 1.29 is 28.2 Å². The molecule has 0 spiro atoms. The third kappa shape index (κ3) is 6.10. The summed E-state index contributed by atoms with van der Waals surface area (Å²) in [6, 6.07) is 12.8. The zero-order valence-electron chi connectivity index (χ0n) is 22.9. The number of halogens is 3. The molecule has 2 fully saturated rings. The van der Waals surface area contributed by atoms with Gasteiger partial charge in [0.25, 0.3) is 11.8 Å². The van der Waals surface area contributed by atoms with Crippen LogP contribution in [0.25, 0.3) is 10.8 Å². The van der Waals surface area contributed by atoms with Crippen molar-refractivity contribution in [1.29, 1.82) is 0 Å². The van der Waals surface area contributed by atoms with Crippen LogP contribution in [0.2, 0.25) is 0 Å². The summed E-state index contributed by atoms with van der Waals surface area (Å²) in [7, 11) is 0. The second-order valence-corrected chi connectivity index (χ2v) is 12.2. The number of aliphatic hydroxyl groups excluding tert-OH is 1. The lowest BCUT2D eigenvalue weighted by molar-refractivity contribution is -0.155. The number of hydrogen-bond donors (Lipinski definition) is 3. The summed E-state index contributed by atoms with van der Waals surface area (Å²) < 4.78 is 38.5. The number of benzene rings is 3. The number of nitrogens with one attached hydrogen (secondary N) is 1. The fraction of sp³-hybridized carbons (Fsp3) is 0.419. The Hall–Kier alpha value is -3.08. The maximum atomic E-state index is 16.1. The van der Waals surface area contributed by atoms with E-state index in [4.69, 9.17) is 10.5 Å². The molecule has 3 aromatic rings. The van der Waals surface area contributed by atoms with Crippen molar-refractivity contribution in [3.05, 3.63) is 76.3 Å². The molecule has 3 aromatic carbocycles. The topological polar surface area (TPSA) is 105 Å². The van der Waals surface area contributed by atoms with E-state index in [2.05, 4.69) is 21.2 Å². The number of hydrogen-bond acceptors (Lipinski definition) is 5. The summed E-state index contributed by atoms with van der Waals surface area (Å²) in [4.78, 5) is 28.6. The first-order valence-electron chi connectivity index (χ1n) is 13.8. The lowest BCUT2D eigenvalue weighted by Crippen LogP contribution is -2.61. The molecule has 5 rings (SSSR count). The maximum Gasteiger partial charge on any atom is 0.302 e. The largest absolute Gasteiger partial charge is 0.491 e. The molecule has 2 aliphatic rings. The number of ether oxygens (including phenoxy) is 1. The molecule has 7 nitrogen and oxygen atoms in total. The van der Waals surface area contributed by atoms with Crippen LogP contribution < -0.4 is 15.8 Å². The third-order valence-corrected chi connectivity index (χ3v) is 8.45. The SMILES string of the molecule is CC(C)Oc1ccc2cc(C(O)C(=O)N[C@H](C(=O)N3C4CCC3CC(N)C4)C(F)(F)c3ccc(Br)cc3)ccc2c1. The molecule has 0 aromatic heterocycles. The minimum Gasteiger partial charge on any atom is -0.491 e. The van der Waals surface area contributed by atoms with Gasteiger partial charge < -0.3 is 25.8 Å². The lowest BCUT2D eigenvalue weighted by Gasteiger charge is -2.41. The van der Waals surface area contributed by atoms with Gasteiger partial charge in [-0.15, -0.1) is 0 Å².